The van der Waals surface area contributed by atoms with Gasteiger partial charge in [0, 0.05) is 41.0 Å². The lowest BCUT2D eigenvalue weighted by Crippen LogP contribution is -2.27. The van der Waals surface area contributed by atoms with Gasteiger partial charge in [-0.2, -0.15) is 0 Å². The molecule has 1 atom stereocenters. The van der Waals surface area contributed by atoms with Gasteiger partial charge in [-0.25, -0.2) is 9.97 Å². The normalized spacial score (nSPS) is 13.3. The Bertz CT molecular complexity index is 992. The molecule has 0 saturated carbocycles. The molecule has 7 heteroatoms. The molecule has 1 aromatic carbocycles. The van der Waals surface area contributed by atoms with Gasteiger partial charge in [-0.3, -0.25) is 9.78 Å². The predicted molar refractivity (Wildman–Crippen MR) is 98.4 cm³/mol. The zero-order chi connectivity index (χ0) is 18.8. The van der Waals surface area contributed by atoms with Gasteiger partial charge in [0.2, 0.25) is 6.79 Å². The lowest BCUT2D eigenvalue weighted by atomic mass is 10.1. The molecule has 7 nitrogen and oxygen atoms in total. The predicted octanol–water partition coefficient (Wildman–Crippen LogP) is 3.07. The third-order valence-electron chi connectivity index (χ3n) is 4.40. The molecule has 1 aliphatic rings. The Morgan fingerprint density at radius 3 is 2.70 bits per heavy atom. The van der Waals surface area contributed by atoms with Crippen LogP contribution in [0.3, 0.4) is 0 Å². The van der Waals surface area contributed by atoms with Crippen LogP contribution in [0.15, 0.2) is 48.9 Å². The molecule has 0 fully saturated rings. The minimum Gasteiger partial charge on any atom is -0.454 e. The number of nitrogens with one attached hydrogen (secondary N) is 1. The lowest BCUT2D eigenvalue weighted by molar-refractivity contribution is 0.0939. The van der Waals surface area contributed by atoms with Crippen LogP contribution in [0.4, 0.5) is 0 Å². The maximum atomic E-state index is 12.6. The van der Waals surface area contributed by atoms with Crippen LogP contribution in [-0.2, 0) is 0 Å². The van der Waals surface area contributed by atoms with Crippen molar-refractivity contribution >= 4 is 5.91 Å². The van der Waals surface area contributed by atoms with Crippen molar-refractivity contribution in [2.45, 2.75) is 19.9 Å². The third kappa shape index (κ3) is 3.44. The van der Waals surface area contributed by atoms with Crippen molar-refractivity contribution < 1.29 is 14.3 Å². The molecule has 0 radical (unpaired) electrons. The number of ether oxygens (including phenoxy) is 2. The Hall–Kier alpha value is -3.48. The molecule has 1 N–H and O–H groups in total. The molecule has 4 rings (SSSR count). The summed E-state index contributed by atoms with van der Waals surface area (Å²) in [5.41, 5.74) is 3.09. The molecule has 3 heterocycles. The summed E-state index contributed by atoms with van der Waals surface area (Å²) in [7, 11) is 0. The first-order valence-electron chi connectivity index (χ1n) is 8.56. The van der Waals surface area contributed by atoms with E-state index in [0.29, 0.717) is 22.9 Å². The van der Waals surface area contributed by atoms with E-state index in [-0.39, 0.29) is 18.7 Å². The average Bonchev–Trinajstić information content (AvgIpc) is 3.16. The summed E-state index contributed by atoms with van der Waals surface area (Å²) in [6.07, 6.45) is 5.16. The summed E-state index contributed by atoms with van der Waals surface area (Å²) in [5.74, 6) is 1.67. The summed E-state index contributed by atoms with van der Waals surface area (Å²) >= 11 is 0. The van der Waals surface area contributed by atoms with Crippen LogP contribution >= 0.6 is 0 Å². The molecule has 136 valence electrons. The van der Waals surface area contributed by atoms with Crippen molar-refractivity contribution in [3.63, 3.8) is 0 Å². The zero-order valence-corrected chi connectivity index (χ0v) is 15.0. The van der Waals surface area contributed by atoms with E-state index in [1.54, 1.807) is 36.8 Å². The van der Waals surface area contributed by atoms with Crippen molar-refractivity contribution in [1.29, 1.82) is 0 Å². The number of hydrogen-bond acceptors (Lipinski definition) is 6. The fraction of sp³-hybridized carbons (Fsp3) is 0.200. The number of aryl methyl sites for hydroxylation is 1. The van der Waals surface area contributed by atoms with Gasteiger partial charge in [0.05, 0.1) is 6.04 Å². The van der Waals surface area contributed by atoms with Crippen molar-refractivity contribution in [3.05, 3.63) is 65.7 Å². The first-order valence-corrected chi connectivity index (χ1v) is 8.56. The number of rotatable bonds is 4. The maximum Gasteiger partial charge on any atom is 0.251 e. The minimum atomic E-state index is -0.241. The van der Waals surface area contributed by atoms with E-state index in [1.165, 1.54) is 0 Å². The van der Waals surface area contributed by atoms with Gasteiger partial charge in [0.15, 0.2) is 17.3 Å². The van der Waals surface area contributed by atoms with Crippen molar-refractivity contribution in [3.8, 4) is 22.9 Å². The molecular weight excluding hydrogens is 344 g/mol. The number of hydrogen-bond donors (Lipinski definition) is 1. The molecule has 0 bridgehead atoms. The SMILES string of the molecule is Cc1nc(-c2ccncc2)ncc1C(C)NC(=O)c1ccc2c(c1)OCO2. The third-order valence-corrected chi connectivity index (χ3v) is 4.40. The molecule has 0 aliphatic carbocycles. The van der Waals surface area contributed by atoms with Crippen LogP contribution in [0, 0.1) is 6.92 Å². The number of fused-ring (bicyclic) bond motifs is 1. The minimum absolute atomic E-state index is 0.178. The van der Waals surface area contributed by atoms with Gasteiger partial charge < -0.3 is 14.8 Å². The number of pyridine rings is 1. The Balaban J connectivity index is 1.51. The largest absolute Gasteiger partial charge is 0.454 e. The van der Waals surface area contributed by atoms with Gasteiger partial charge >= 0.3 is 0 Å². The molecule has 0 saturated heterocycles. The van der Waals surface area contributed by atoms with Crippen molar-refractivity contribution in [2.75, 3.05) is 6.79 Å². The fourth-order valence-electron chi connectivity index (χ4n) is 2.94. The van der Waals surface area contributed by atoms with Crippen LogP contribution in [0.1, 0.15) is 34.6 Å². The highest BCUT2D eigenvalue weighted by atomic mass is 16.7. The smallest absolute Gasteiger partial charge is 0.251 e. The summed E-state index contributed by atoms with van der Waals surface area (Å²) < 4.78 is 10.6. The van der Waals surface area contributed by atoms with Crippen molar-refractivity contribution in [2.24, 2.45) is 0 Å². The fourth-order valence-corrected chi connectivity index (χ4v) is 2.94. The van der Waals surface area contributed by atoms with Crippen LogP contribution < -0.4 is 14.8 Å². The Kier molecular flexibility index (Phi) is 4.42. The summed E-state index contributed by atoms with van der Waals surface area (Å²) in [6, 6.07) is 8.61. The lowest BCUT2D eigenvalue weighted by Gasteiger charge is -2.16. The van der Waals surface area contributed by atoms with Gasteiger partial charge in [-0.15, -0.1) is 0 Å². The van der Waals surface area contributed by atoms with Gasteiger partial charge in [-0.1, -0.05) is 0 Å². The topological polar surface area (TPSA) is 86.2 Å². The Labute approximate surface area is 156 Å². The van der Waals surface area contributed by atoms with E-state index < -0.39 is 0 Å². The zero-order valence-electron chi connectivity index (χ0n) is 15.0. The van der Waals surface area contributed by atoms with E-state index in [4.69, 9.17) is 9.47 Å². The summed E-state index contributed by atoms with van der Waals surface area (Å²) in [4.78, 5) is 25.6. The molecule has 2 aromatic heterocycles. The number of aromatic nitrogens is 3. The second-order valence-corrected chi connectivity index (χ2v) is 6.23. The first kappa shape index (κ1) is 17.0. The number of carbonyl (C=O) groups excluding carboxylic acids is 1. The average molecular weight is 362 g/mol. The highest BCUT2D eigenvalue weighted by Gasteiger charge is 2.19. The quantitative estimate of drug-likeness (QED) is 0.768. The monoisotopic (exact) mass is 362 g/mol. The molecular formula is C20H18N4O3. The number of nitrogens with zero attached hydrogens (tertiary/aromatic N) is 3. The van der Waals surface area contributed by atoms with Gasteiger partial charge in [0.25, 0.3) is 5.91 Å². The summed E-state index contributed by atoms with van der Waals surface area (Å²) in [6.45, 7) is 3.99. The molecule has 1 aliphatic heterocycles. The highest BCUT2D eigenvalue weighted by molar-refractivity contribution is 5.95. The van der Waals surface area contributed by atoms with E-state index in [1.807, 2.05) is 26.0 Å². The van der Waals surface area contributed by atoms with E-state index >= 15 is 0 Å². The second-order valence-electron chi connectivity index (χ2n) is 6.23. The first-order chi connectivity index (χ1) is 13.1. The van der Waals surface area contributed by atoms with Crippen molar-refractivity contribution in [1.82, 2.24) is 20.3 Å². The van der Waals surface area contributed by atoms with Crippen LogP contribution in [0.5, 0.6) is 11.5 Å². The van der Waals surface area contributed by atoms with E-state index in [9.17, 15) is 4.79 Å². The Morgan fingerprint density at radius 2 is 1.93 bits per heavy atom. The number of amides is 1. The molecule has 0 spiro atoms. The molecule has 27 heavy (non-hydrogen) atoms. The van der Waals surface area contributed by atoms with Gasteiger partial charge in [0.1, 0.15) is 0 Å². The van der Waals surface area contributed by atoms with E-state index in [0.717, 1.165) is 16.8 Å². The van der Waals surface area contributed by atoms with Crippen LogP contribution in [0.2, 0.25) is 0 Å². The number of benzene rings is 1. The van der Waals surface area contributed by atoms with E-state index in [2.05, 4.69) is 20.3 Å². The Morgan fingerprint density at radius 1 is 1.15 bits per heavy atom. The van der Waals surface area contributed by atoms with Crippen LogP contribution in [0.25, 0.3) is 11.4 Å². The van der Waals surface area contributed by atoms with Gasteiger partial charge in [-0.05, 0) is 44.2 Å². The standard InChI is InChI=1S/C20H18N4O3/c1-12-16(10-22-19(23-12)14-5-7-21-8-6-14)13(2)24-20(25)15-3-4-17-18(9-15)27-11-26-17/h3-10,13H,11H2,1-2H3,(H,24,25). The second kappa shape index (κ2) is 7.03. The number of carbonyl (C=O) groups is 1. The highest BCUT2D eigenvalue weighted by Crippen LogP contribution is 2.32. The molecule has 1 amide bonds. The molecule has 1 unspecified atom stereocenters. The van der Waals surface area contributed by atoms with Crippen LogP contribution in [-0.4, -0.2) is 27.7 Å². The maximum absolute atomic E-state index is 12.6. The molecule has 3 aromatic rings. The summed E-state index contributed by atoms with van der Waals surface area (Å²) in [5, 5.41) is 2.98.